The van der Waals surface area contributed by atoms with Crippen molar-refractivity contribution in [3.63, 3.8) is 0 Å². The highest BCUT2D eigenvalue weighted by Crippen LogP contribution is 2.31. The normalized spacial score (nSPS) is 24.2. The maximum Gasteiger partial charge on any atom is 0.251 e. The van der Waals surface area contributed by atoms with E-state index in [2.05, 4.69) is 9.97 Å². The topological polar surface area (TPSA) is 153 Å². The van der Waals surface area contributed by atoms with Crippen LogP contribution in [-0.4, -0.2) is 49.0 Å². The number of carbonyl (C=O) groups is 1. The quantitative estimate of drug-likeness (QED) is 0.292. The Hall–Kier alpha value is -2.60. The van der Waals surface area contributed by atoms with E-state index >= 15 is 0 Å². The zero-order valence-corrected chi connectivity index (χ0v) is 16.2. The standard InChI is InChI=1S/C17H18N6O4.BrH/c18-14-10-16(21-7-22(14)6-9-4-2-1-3-5-9)23(8-20-10)17-12(25)11(24)13(27-17)15(19)26;/h1-5,7-8,11-13,17-18,24-25H,6H2,(H2,19,26);1H/t11-,12+,13-,17+;/m0./s1. The van der Waals surface area contributed by atoms with Crippen molar-refractivity contribution in [1.29, 1.82) is 0 Å². The van der Waals surface area contributed by atoms with Crippen LogP contribution in [0.3, 0.4) is 0 Å². The molecule has 4 rings (SSSR count). The molecule has 0 aliphatic carbocycles. The minimum Gasteiger partial charge on any atom is -1.00 e. The third kappa shape index (κ3) is 3.33. The fourth-order valence-electron chi connectivity index (χ4n) is 3.20. The molecule has 148 valence electrons. The minimum atomic E-state index is -1.44. The fourth-order valence-corrected chi connectivity index (χ4v) is 3.20. The highest BCUT2D eigenvalue weighted by Gasteiger charge is 2.47. The second-order valence-corrected chi connectivity index (χ2v) is 6.40. The minimum absolute atomic E-state index is 0. The van der Waals surface area contributed by atoms with Gasteiger partial charge in [-0.05, 0) is 5.56 Å². The number of anilines is 1. The number of nitrogens with two attached hydrogens (primary N) is 2. The summed E-state index contributed by atoms with van der Waals surface area (Å²) < 4.78 is 8.60. The van der Waals surface area contributed by atoms with Crippen molar-refractivity contribution in [2.24, 2.45) is 5.73 Å². The van der Waals surface area contributed by atoms with Crippen LogP contribution in [0.25, 0.3) is 11.2 Å². The first kappa shape index (κ1) is 20.1. The van der Waals surface area contributed by atoms with E-state index in [1.807, 2.05) is 30.3 Å². The molecule has 1 saturated heterocycles. The number of ether oxygens (including phenoxy) is 1. The lowest BCUT2D eigenvalue weighted by Gasteiger charge is -2.15. The SMILES string of the molecule is NC(=O)[C@H]1O[C@@H](n2cnc3c(N)[n+](Cc4ccccc4)cnc32)[C@H](O)[C@@H]1O.[Br-]. The summed E-state index contributed by atoms with van der Waals surface area (Å²) in [7, 11) is 0. The molecule has 28 heavy (non-hydrogen) atoms. The zero-order valence-electron chi connectivity index (χ0n) is 14.6. The van der Waals surface area contributed by atoms with Crippen LogP contribution in [0.2, 0.25) is 0 Å². The van der Waals surface area contributed by atoms with Crippen LogP contribution in [0.1, 0.15) is 11.8 Å². The second-order valence-electron chi connectivity index (χ2n) is 6.40. The number of nitrogens with zero attached hydrogens (tertiary/aromatic N) is 4. The van der Waals surface area contributed by atoms with Crippen LogP contribution in [0, 0.1) is 0 Å². The third-order valence-corrected chi connectivity index (χ3v) is 4.63. The molecule has 0 spiro atoms. The molecule has 1 amide bonds. The van der Waals surface area contributed by atoms with Crippen LogP contribution in [0.15, 0.2) is 43.0 Å². The predicted molar refractivity (Wildman–Crippen MR) is 92.8 cm³/mol. The van der Waals surface area contributed by atoms with Gasteiger partial charge in [-0.2, -0.15) is 0 Å². The van der Waals surface area contributed by atoms with Gasteiger partial charge in [-0.3, -0.25) is 9.36 Å². The monoisotopic (exact) mass is 450 g/mol. The van der Waals surface area contributed by atoms with Gasteiger partial charge in [-0.15, -0.1) is 0 Å². The summed E-state index contributed by atoms with van der Waals surface area (Å²) >= 11 is 0. The Bertz CT molecular complexity index is 998. The first-order chi connectivity index (χ1) is 13.0. The molecule has 3 aromatic rings. The number of nitrogen functional groups attached to an aromatic ring is 1. The maximum atomic E-state index is 11.4. The number of hydrogen-bond donors (Lipinski definition) is 4. The van der Waals surface area contributed by atoms with Crippen molar-refractivity contribution in [2.45, 2.75) is 31.1 Å². The van der Waals surface area contributed by atoms with Gasteiger partial charge in [0.25, 0.3) is 5.82 Å². The summed E-state index contributed by atoms with van der Waals surface area (Å²) in [4.78, 5) is 20.0. The molecule has 1 aromatic carbocycles. The number of imidazole rings is 1. The number of aliphatic hydroxyl groups is 2. The first-order valence-electron chi connectivity index (χ1n) is 8.32. The molecule has 1 aliphatic heterocycles. The molecule has 0 radical (unpaired) electrons. The lowest BCUT2D eigenvalue weighted by Crippen LogP contribution is -3.00. The van der Waals surface area contributed by atoms with E-state index in [1.54, 1.807) is 10.9 Å². The van der Waals surface area contributed by atoms with E-state index in [-0.39, 0.29) is 17.0 Å². The molecule has 3 heterocycles. The maximum absolute atomic E-state index is 11.4. The molecule has 6 N–H and O–H groups in total. The van der Waals surface area contributed by atoms with Gasteiger partial charge in [-0.1, -0.05) is 35.3 Å². The average molecular weight is 451 g/mol. The number of benzene rings is 1. The van der Waals surface area contributed by atoms with Gasteiger partial charge in [0.15, 0.2) is 17.8 Å². The molecular formula is C17H19BrN6O4. The Morgan fingerprint density at radius 1 is 1.21 bits per heavy atom. The van der Waals surface area contributed by atoms with Crippen molar-refractivity contribution >= 4 is 22.9 Å². The molecule has 1 fully saturated rings. The van der Waals surface area contributed by atoms with Gasteiger partial charge in [0, 0.05) is 0 Å². The molecule has 4 atom stereocenters. The Labute approximate surface area is 170 Å². The van der Waals surface area contributed by atoms with Crippen LogP contribution in [0.4, 0.5) is 5.82 Å². The molecule has 10 nitrogen and oxygen atoms in total. The first-order valence-corrected chi connectivity index (χ1v) is 8.32. The Morgan fingerprint density at radius 3 is 2.57 bits per heavy atom. The van der Waals surface area contributed by atoms with Crippen LogP contribution >= 0.6 is 0 Å². The van der Waals surface area contributed by atoms with Crippen LogP contribution in [0.5, 0.6) is 0 Å². The van der Waals surface area contributed by atoms with Gasteiger partial charge in [-0.25, -0.2) is 9.55 Å². The van der Waals surface area contributed by atoms with Crippen LogP contribution in [-0.2, 0) is 16.1 Å². The number of hydrogen-bond acceptors (Lipinski definition) is 7. The molecule has 0 unspecified atom stereocenters. The molecule has 0 saturated carbocycles. The van der Waals surface area contributed by atoms with Gasteiger partial charge < -0.3 is 43.4 Å². The van der Waals surface area contributed by atoms with Crippen molar-refractivity contribution in [2.75, 3.05) is 5.73 Å². The second kappa shape index (κ2) is 7.80. The van der Waals surface area contributed by atoms with E-state index in [9.17, 15) is 15.0 Å². The number of fused-ring (bicyclic) bond motifs is 1. The molecule has 11 heteroatoms. The number of amides is 1. The zero-order chi connectivity index (χ0) is 19.1. The smallest absolute Gasteiger partial charge is 0.251 e. The highest BCUT2D eigenvalue weighted by atomic mass is 79.9. The summed E-state index contributed by atoms with van der Waals surface area (Å²) in [6.45, 7) is 0.521. The fraction of sp³-hybridized carbons (Fsp3) is 0.294. The molecular weight excluding hydrogens is 432 g/mol. The largest absolute Gasteiger partial charge is 1.00 e. The molecule has 0 bridgehead atoms. The Morgan fingerprint density at radius 2 is 1.93 bits per heavy atom. The number of aromatic nitrogens is 4. The summed E-state index contributed by atoms with van der Waals surface area (Å²) in [6, 6.07) is 9.76. The summed E-state index contributed by atoms with van der Waals surface area (Å²) in [5.74, 6) is -0.469. The number of primary amides is 1. The summed E-state index contributed by atoms with van der Waals surface area (Å²) in [5, 5.41) is 20.2. The van der Waals surface area contributed by atoms with E-state index in [4.69, 9.17) is 16.2 Å². The van der Waals surface area contributed by atoms with Gasteiger partial charge in [0.2, 0.25) is 17.9 Å². The Balaban J connectivity index is 0.00000225. The number of aliphatic hydroxyl groups excluding tert-OH is 2. The third-order valence-electron chi connectivity index (χ3n) is 4.63. The van der Waals surface area contributed by atoms with Gasteiger partial charge in [0.1, 0.15) is 18.5 Å². The average Bonchev–Trinajstić information content (AvgIpc) is 3.21. The number of rotatable bonds is 4. The van der Waals surface area contributed by atoms with Gasteiger partial charge >= 0.3 is 0 Å². The summed E-state index contributed by atoms with van der Waals surface area (Å²) in [6.07, 6.45) is -2.21. The lowest BCUT2D eigenvalue weighted by molar-refractivity contribution is -0.675. The number of carbonyl (C=O) groups excluding carboxylic acids is 1. The van der Waals surface area contributed by atoms with Gasteiger partial charge in [0.05, 0.1) is 6.54 Å². The highest BCUT2D eigenvalue weighted by molar-refractivity contribution is 5.81. The van der Waals surface area contributed by atoms with E-state index in [1.165, 1.54) is 10.9 Å². The van der Waals surface area contributed by atoms with E-state index in [0.29, 0.717) is 23.5 Å². The van der Waals surface area contributed by atoms with E-state index in [0.717, 1.165) is 5.56 Å². The van der Waals surface area contributed by atoms with E-state index < -0.39 is 30.4 Å². The van der Waals surface area contributed by atoms with Crippen molar-refractivity contribution in [3.05, 3.63) is 48.5 Å². The van der Waals surface area contributed by atoms with Crippen molar-refractivity contribution in [1.82, 2.24) is 14.5 Å². The summed E-state index contributed by atoms with van der Waals surface area (Å²) in [5.41, 5.74) is 13.3. The predicted octanol–water partition coefficient (Wildman–Crippen LogP) is -4.54. The lowest BCUT2D eigenvalue weighted by atomic mass is 10.1. The Kier molecular flexibility index (Phi) is 5.61. The van der Waals surface area contributed by atoms with Crippen LogP contribution < -0.4 is 33.0 Å². The molecule has 2 aromatic heterocycles. The van der Waals surface area contributed by atoms with Crippen molar-refractivity contribution < 1.29 is 41.3 Å². The number of halogens is 1. The van der Waals surface area contributed by atoms with Crippen molar-refractivity contribution in [3.8, 4) is 0 Å². The molecule has 1 aliphatic rings.